The van der Waals surface area contributed by atoms with Gasteiger partial charge in [-0.2, -0.15) is 0 Å². The zero-order valence-corrected chi connectivity index (χ0v) is 11.3. The molecule has 1 aromatic heterocycles. The normalized spacial score (nSPS) is 12.2. The fourth-order valence-corrected chi connectivity index (χ4v) is 2.05. The summed E-state index contributed by atoms with van der Waals surface area (Å²) in [6, 6.07) is 7.17. The number of furan rings is 1. The topological polar surface area (TPSA) is 69.7 Å². The summed E-state index contributed by atoms with van der Waals surface area (Å²) in [4.78, 5) is 0. The van der Waals surface area contributed by atoms with Gasteiger partial charge in [-0.15, -0.1) is 0 Å². The smallest absolute Gasteiger partial charge is 0.129 e. The van der Waals surface area contributed by atoms with Crippen LogP contribution >= 0.6 is 0 Å². The van der Waals surface area contributed by atoms with Crippen molar-refractivity contribution >= 4 is 0 Å². The summed E-state index contributed by atoms with van der Waals surface area (Å²) in [5.41, 5.74) is 4.64. The Hall–Kier alpha value is -1.98. The van der Waals surface area contributed by atoms with Gasteiger partial charge in [-0.1, -0.05) is 0 Å². The van der Waals surface area contributed by atoms with Crippen LogP contribution < -0.4 is 20.7 Å². The van der Waals surface area contributed by atoms with Gasteiger partial charge in [0, 0.05) is 5.56 Å². The first-order valence-corrected chi connectivity index (χ1v) is 5.93. The lowest BCUT2D eigenvalue weighted by atomic mass is 10.0. The van der Waals surface area contributed by atoms with Crippen LogP contribution in [0.15, 0.2) is 34.9 Å². The first-order chi connectivity index (χ1) is 9.21. The van der Waals surface area contributed by atoms with Gasteiger partial charge < -0.3 is 13.9 Å². The number of nitrogens with two attached hydrogens (primary N) is 1. The Labute approximate surface area is 112 Å². The molecule has 0 saturated carbocycles. The van der Waals surface area contributed by atoms with Crippen molar-refractivity contribution in [1.29, 1.82) is 0 Å². The van der Waals surface area contributed by atoms with E-state index in [0.717, 1.165) is 28.4 Å². The molecule has 1 heterocycles. The van der Waals surface area contributed by atoms with E-state index in [1.165, 1.54) is 0 Å². The van der Waals surface area contributed by atoms with Crippen LogP contribution in [-0.4, -0.2) is 14.2 Å². The van der Waals surface area contributed by atoms with Crippen molar-refractivity contribution in [2.24, 2.45) is 5.84 Å². The van der Waals surface area contributed by atoms with E-state index in [2.05, 4.69) is 5.43 Å². The number of nitrogens with one attached hydrogen (secondary N) is 1. The molecule has 0 saturated heterocycles. The van der Waals surface area contributed by atoms with Gasteiger partial charge in [-0.25, -0.2) is 5.43 Å². The molecule has 1 unspecified atom stereocenters. The average Bonchev–Trinajstić information content (AvgIpc) is 2.86. The molecule has 0 aliphatic rings. The van der Waals surface area contributed by atoms with Crippen molar-refractivity contribution in [2.75, 3.05) is 14.2 Å². The van der Waals surface area contributed by atoms with Crippen molar-refractivity contribution in [3.05, 3.63) is 47.4 Å². The number of hydrogen-bond donors (Lipinski definition) is 2. The van der Waals surface area contributed by atoms with Gasteiger partial charge >= 0.3 is 0 Å². The predicted octanol–water partition coefficient (Wildman–Crippen LogP) is 2.16. The van der Waals surface area contributed by atoms with Gasteiger partial charge in [0.15, 0.2) is 0 Å². The Morgan fingerprint density at radius 1 is 1.21 bits per heavy atom. The van der Waals surface area contributed by atoms with E-state index in [1.54, 1.807) is 20.5 Å². The number of benzene rings is 1. The molecule has 1 atom stereocenters. The summed E-state index contributed by atoms with van der Waals surface area (Å²) in [6.45, 7) is 1.97. The molecule has 5 nitrogen and oxygen atoms in total. The van der Waals surface area contributed by atoms with Crippen LogP contribution in [-0.2, 0) is 0 Å². The zero-order chi connectivity index (χ0) is 13.8. The fourth-order valence-electron chi connectivity index (χ4n) is 2.05. The summed E-state index contributed by atoms with van der Waals surface area (Å²) in [5.74, 6) is 7.89. The van der Waals surface area contributed by atoms with E-state index in [9.17, 15) is 0 Å². The molecule has 2 rings (SSSR count). The zero-order valence-electron chi connectivity index (χ0n) is 11.3. The van der Waals surface area contributed by atoms with Crippen LogP contribution in [0.4, 0.5) is 0 Å². The Balaban J connectivity index is 2.51. The molecule has 5 heteroatoms. The minimum absolute atomic E-state index is 0.292. The third-order valence-corrected chi connectivity index (χ3v) is 3.08. The van der Waals surface area contributed by atoms with Crippen molar-refractivity contribution < 1.29 is 13.9 Å². The molecule has 2 aromatic rings. The van der Waals surface area contributed by atoms with E-state index < -0.39 is 0 Å². The maximum Gasteiger partial charge on any atom is 0.129 e. The second-order valence-electron chi connectivity index (χ2n) is 4.18. The predicted molar refractivity (Wildman–Crippen MR) is 72.2 cm³/mol. The standard InChI is InChI=1S/C14H18N2O3/c1-9-6-7-19-14(9)13(16-15)11-8-10(17-2)4-5-12(11)18-3/h4-8,13,16H,15H2,1-3H3. The molecule has 102 valence electrons. The number of hydrazine groups is 1. The van der Waals surface area contributed by atoms with Crippen LogP contribution in [0.3, 0.4) is 0 Å². The van der Waals surface area contributed by atoms with Gasteiger partial charge in [0.25, 0.3) is 0 Å². The van der Waals surface area contributed by atoms with Gasteiger partial charge in [-0.05, 0) is 36.8 Å². The highest BCUT2D eigenvalue weighted by Crippen LogP contribution is 2.34. The lowest BCUT2D eigenvalue weighted by Crippen LogP contribution is -2.29. The summed E-state index contributed by atoms with van der Waals surface area (Å²) in [5, 5.41) is 0. The van der Waals surface area contributed by atoms with E-state index >= 15 is 0 Å². The van der Waals surface area contributed by atoms with Crippen LogP contribution in [0.2, 0.25) is 0 Å². The Morgan fingerprint density at radius 3 is 2.53 bits per heavy atom. The van der Waals surface area contributed by atoms with Crippen LogP contribution in [0.25, 0.3) is 0 Å². The lowest BCUT2D eigenvalue weighted by molar-refractivity contribution is 0.385. The van der Waals surface area contributed by atoms with Gasteiger partial charge in [0.1, 0.15) is 23.3 Å². The molecule has 1 aromatic carbocycles. The monoisotopic (exact) mass is 262 g/mol. The van der Waals surface area contributed by atoms with Crippen LogP contribution in [0.5, 0.6) is 11.5 Å². The summed E-state index contributed by atoms with van der Waals surface area (Å²) >= 11 is 0. The number of methoxy groups -OCH3 is 2. The van der Waals surface area contributed by atoms with Crippen LogP contribution in [0.1, 0.15) is 22.9 Å². The number of ether oxygens (including phenoxy) is 2. The molecule has 0 aliphatic heterocycles. The number of hydrogen-bond acceptors (Lipinski definition) is 5. The van der Waals surface area contributed by atoms with Gasteiger partial charge in [0.05, 0.1) is 20.5 Å². The Morgan fingerprint density at radius 2 is 2.00 bits per heavy atom. The van der Waals surface area contributed by atoms with Gasteiger partial charge in [0.2, 0.25) is 0 Å². The Bertz CT molecular complexity index is 551. The SMILES string of the molecule is COc1ccc(OC)c(C(NN)c2occc2C)c1. The van der Waals surface area contributed by atoms with Crippen molar-refractivity contribution in [2.45, 2.75) is 13.0 Å². The quantitative estimate of drug-likeness (QED) is 0.638. The highest BCUT2D eigenvalue weighted by molar-refractivity contribution is 5.45. The Kier molecular flexibility index (Phi) is 4.09. The van der Waals surface area contributed by atoms with Gasteiger partial charge in [-0.3, -0.25) is 5.84 Å². The van der Waals surface area contributed by atoms with Crippen molar-refractivity contribution in [3.63, 3.8) is 0 Å². The molecule has 0 fully saturated rings. The van der Waals surface area contributed by atoms with Crippen molar-refractivity contribution in [3.8, 4) is 11.5 Å². The average molecular weight is 262 g/mol. The maximum absolute atomic E-state index is 5.67. The molecule has 0 aliphatic carbocycles. The highest BCUT2D eigenvalue weighted by atomic mass is 16.5. The molecule has 19 heavy (non-hydrogen) atoms. The van der Waals surface area contributed by atoms with Crippen LogP contribution in [0, 0.1) is 6.92 Å². The second-order valence-corrected chi connectivity index (χ2v) is 4.18. The summed E-state index contributed by atoms with van der Waals surface area (Å²) in [6.07, 6.45) is 1.64. The van der Waals surface area contributed by atoms with E-state index in [0.29, 0.717) is 0 Å². The first-order valence-electron chi connectivity index (χ1n) is 5.93. The minimum atomic E-state index is -0.292. The highest BCUT2D eigenvalue weighted by Gasteiger charge is 2.22. The third-order valence-electron chi connectivity index (χ3n) is 3.08. The number of rotatable bonds is 5. The lowest BCUT2D eigenvalue weighted by Gasteiger charge is -2.18. The van der Waals surface area contributed by atoms with E-state index in [1.807, 2.05) is 31.2 Å². The third kappa shape index (κ3) is 2.57. The fraction of sp³-hybridized carbons (Fsp3) is 0.286. The number of aryl methyl sites for hydroxylation is 1. The molecule has 0 spiro atoms. The molecular weight excluding hydrogens is 244 g/mol. The van der Waals surface area contributed by atoms with E-state index in [-0.39, 0.29) is 6.04 Å². The summed E-state index contributed by atoms with van der Waals surface area (Å²) < 4.78 is 16.1. The molecule has 3 N–H and O–H groups in total. The molecular formula is C14H18N2O3. The molecule has 0 amide bonds. The summed E-state index contributed by atoms with van der Waals surface area (Å²) in [7, 11) is 3.24. The largest absolute Gasteiger partial charge is 0.497 e. The minimum Gasteiger partial charge on any atom is -0.497 e. The van der Waals surface area contributed by atoms with Crippen molar-refractivity contribution in [1.82, 2.24) is 5.43 Å². The molecule has 0 radical (unpaired) electrons. The molecule has 0 bridgehead atoms. The maximum atomic E-state index is 5.67. The second kappa shape index (κ2) is 5.77. The first kappa shape index (κ1) is 13.5. The van der Waals surface area contributed by atoms with E-state index in [4.69, 9.17) is 19.7 Å².